The van der Waals surface area contributed by atoms with Gasteiger partial charge in [0.1, 0.15) is 0 Å². The van der Waals surface area contributed by atoms with Gasteiger partial charge >= 0.3 is 8.60 Å². The van der Waals surface area contributed by atoms with E-state index in [0.29, 0.717) is 13.2 Å². The summed E-state index contributed by atoms with van der Waals surface area (Å²) in [5, 5.41) is 0. The van der Waals surface area contributed by atoms with Gasteiger partial charge in [-0.3, -0.25) is 0 Å². The lowest BCUT2D eigenvalue weighted by Crippen LogP contribution is -1.93. The first kappa shape index (κ1) is 12.3. The lowest BCUT2D eigenvalue weighted by atomic mass is 10.3. The predicted octanol–water partition coefficient (Wildman–Crippen LogP) is 2.84. The van der Waals surface area contributed by atoms with Crippen molar-refractivity contribution in [3.8, 4) is 0 Å². The molecule has 4 heteroatoms. The molecule has 74 valence electrons. The molecule has 0 heterocycles. The number of rotatable bonds is 8. The zero-order chi connectivity index (χ0) is 9.23. The molecule has 0 rings (SSSR count). The second-order valence-corrected chi connectivity index (χ2v) is 3.60. The minimum Gasteiger partial charge on any atom is -0.328 e. The lowest BCUT2D eigenvalue weighted by molar-refractivity contribution is 0.197. The molecule has 0 aliphatic rings. The van der Waals surface area contributed by atoms with Crippen molar-refractivity contribution >= 4 is 8.60 Å². The summed E-state index contributed by atoms with van der Waals surface area (Å²) in [6.07, 6.45) is 4.24. The fraction of sp³-hybridized carbons (Fsp3) is 1.00. The van der Waals surface area contributed by atoms with Crippen molar-refractivity contribution in [3.05, 3.63) is 0 Å². The highest BCUT2D eigenvalue weighted by Gasteiger charge is 2.04. The molecule has 0 aromatic carbocycles. The summed E-state index contributed by atoms with van der Waals surface area (Å²) >= 11 is 0. The lowest BCUT2D eigenvalue weighted by Gasteiger charge is -2.09. The third kappa shape index (κ3) is 8.41. The van der Waals surface area contributed by atoms with E-state index in [1.165, 1.54) is 6.42 Å². The molecule has 0 aliphatic heterocycles. The van der Waals surface area contributed by atoms with E-state index >= 15 is 0 Å². The molecule has 3 nitrogen and oxygen atoms in total. The molecule has 0 amide bonds. The van der Waals surface area contributed by atoms with Crippen LogP contribution in [0.3, 0.4) is 0 Å². The molecule has 0 aliphatic carbocycles. The van der Waals surface area contributed by atoms with E-state index < -0.39 is 8.60 Å². The van der Waals surface area contributed by atoms with Gasteiger partial charge in [0.15, 0.2) is 0 Å². The van der Waals surface area contributed by atoms with E-state index in [-0.39, 0.29) is 0 Å². The van der Waals surface area contributed by atoms with Crippen molar-refractivity contribution < 1.29 is 13.9 Å². The Bertz CT molecular complexity index is 90.4. The summed E-state index contributed by atoms with van der Waals surface area (Å²) in [6, 6.07) is 0. The van der Waals surface area contributed by atoms with E-state index in [1.807, 2.05) is 6.92 Å². The van der Waals surface area contributed by atoms with Crippen molar-refractivity contribution in [1.29, 1.82) is 0 Å². The Hall–Kier alpha value is 0.310. The Morgan fingerprint density at radius 1 is 1.00 bits per heavy atom. The minimum atomic E-state index is -1.60. The van der Waals surface area contributed by atoms with Gasteiger partial charge in [0.25, 0.3) is 0 Å². The van der Waals surface area contributed by atoms with Gasteiger partial charge in [0, 0.05) is 0 Å². The molecule has 0 saturated carbocycles. The van der Waals surface area contributed by atoms with Crippen molar-refractivity contribution in [2.75, 3.05) is 13.2 Å². The van der Waals surface area contributed by atoms with Gasteiger partial charge in [0.05, 0.1) is 13.2 Å². The van der Waals surface area contributed by atoms with Crippen LogP contribution in [0.1, 0.15) is 39.5 Å². The van der Waals surface area contributed by atoms with Crippen molar-refractivity contribution in [2.45, 2.75) is 39.5 Å². The number of unbranched alkanes of at least 4 members (excludes halogenated alkanes) is 2. The van der Waals surface area contributed by atoms with Gasteiger partial charge in [0.2, 0.25) is 0 Å². The van der Waals surface area contributed by atoms with E-state index in [4.69, 9.17) is 13.9 Å². The van der Waals surface area contributed by atoms with Crippen LogP contribution in [-0.2, 0) is 9.05 Å². The largest absolute Gasteiger partial charge is 0.329 e. The first-order valence-electron chi connectivity index (χ1n) is 4.56. The maximum absolute atomic E-state index is 9.10. The highest BCUT2D eigenvalue weighted by Crippen LogP contribution is 2.32. The van der Waals surface area contributed by atoms with Crippen LogP contribution in [0.15, 0.2) is 0 Å². The second-order valence-electron chi connectivity index (χ2n) is 2.61. The molecule has 0 saturated heterocycles. The molecule has 0 spiro atoms. The van der Waals surface area contributed by atoms with Crippen LogP contribution in [0, 0.1) is 0 Å². The first-order valence-corrected chi connectivity index (χ1v) is 5.69. The second kappa shape index (κ2) is 9.40. The van der Waals surface area contributed by atoms with Crippen molar-refractivity contribution in [2.24, 2.45) is 0 Å². The standard InChI is InChI=1S/C8H19O3P/c1-3-5-6-8-11-12(9)10-7-4-2/h9H,3-8H2,1-2H3. The highest BCUT2D eigenvalue weighted by molar-refractivity contribution is 7.40. The van der Waals surface area contributed by atoms with E-state index in [1.54, 1.807) is 0 Å². The van der Waals surface area contributed by atoms with Gasteiger partial charge < -0.3 is 13.9 Å². The van der Waals surface area contributed by atoms with Gasteiger partial charge in [-0.05, 0) is 12.8 Å². The van der Waals surface area contributed by atoms with Crippen LogP contribution >= 0.6 is 8.60 Å². The Morgan fingerprint density at radius 2 is 1.67 bits per heavy atom. The summed E-state index contributed by atoms with van der Waals surface area (Å²) in [4.78, 5) is 9.10. The predicted molar refractivity (Wildman–Crippen MR) is 50.9 cm³/mol. The van der Waals surface area contributed by atoms with E-state index in [0.717, 1.165) is 19.3 Å². The topological polar surface area (TPSA) is 38.7 Å². The smallest absolute Gasteiger partial charge is 0.328 e. The third-order valence-electron chi connectivity index (χ3n) is 1.36. The van der Waals surface area contributed by atoms with Crippen LogP contribution in [0.25, 0.3) is 0 Å². The van der Waals surface area contributed by atoms with Crippen LogP contribution in [-0.4, -0.2) is 18.1 Å². The van der Waals surface area contributed by atoms with Crippen molar-refractivity contribution in [1.82, 2.24) is 0 Å². The summed E-state index contributed by atoms with van der Waals surface area (Å²) < 4.78 is 10.0. The molecule has 0 aromatic rings. The van der Waals surface area contributed by atoms with Gasteiger partial charge in [-0.1, -0.05) is 26.7 Å². The zero-order valence-corrected chi connectivity index (χ0v) is 8.85. The average molecular weight is 194 g/mol. The molecule has 0 radical (unpaired) electrons. The SMILES string of the molecule is CCCCCOP(O)OCCC. The minimum absolute atomic E-state index is 0.579. The normalized spacial score (nSPS) is 13.2. The van der Waals surface area contributed by atoms with E-state index in [9.17, 15) is 0 Å². The molecule has 0 aromatic heterocycles. The van der Waals surface area contributed by atoms with Crippen LogP contribution < -0.4 is 0 Å². The molecular weight excluding hydrogens is 175 g/mol. The van der Waals surface area contributed by atoms with Crippen molar-refractivity contribution in [3.63, 3.8) is 0 Å². The number of hydrogen-bond donors (Lipinski definition) is 1. The Balaban J connectivity index is 3.02. The fourth-order valence-corrected chi connectivity index (χ4v) is 1.40. The number of hydrogen-bond acceptors (Lipinski definition) is 3. The molecule has 12 heavy (non-hydrogen) atoms. The Morgan fingerprint density at radius 3 is 2.25 bits per heavy atom. The highest BCUT2D eigenvalue weighted by atomic mass is 31.2. The van der Waals surface area contributed by atoms with Gasteiger partial charge in [-0.2, -0.15) is 0 Å². The monoisotopic (exact) mass is 194 g/mol. The maximum Gasteiger partial charge on any atom is 0.329 e. The quantitative estimate of drug-likeness (QED) is 0.477. The Labute approximate surface area is 76.1 Å². The summed E-state index contributed by atoms with van der Waals surface area (Å²) in [5.74, 6) is 0. The molecule has 1 N–H and O–H groups in total. The summed E-state index contributed by atoms with van der Waals surface area (Å²) in [6.45, 7) is 5.32. The summed E-state index contributed by atoms with van der Waals surface area (Å²) in [7, 11) is -1.60. The van der Waals surface area contributed by atoms with Gasteiger partial charge in [-0.25, -0.2) is 0 Å². The molecule has 0 fully saturated rings. The average Bonchev–Trinajstić information content (AvgIpc) is 2.09. The van der Waals surface area contributed by atoms with E-state index in [2.05, 4.69) is 6.92 Å². The molecule has 0 bridgehead atoms. The maximum atomic E-state index is 9.10. The third-order valence-corrected chi connectivity index (χ3v) is 2.16. The first-order chi connectivity index (χ1) is 5.81. The molecule has 1 atom stereocenters. The zero-order valence-electron chi connectivity index (χ0n) is 7.95. The van der Waals surface area contributed by atoms with Crippen LogP contribution in [0.2, 0.25) is 0 Å². The van der Waals surface area contributed by atoms with Crippen LogP contribution in [0.5, 0.6) is 0 Å². The van der Waals surface area contributed by atoms with Crippen LogP contribution in [0.4, 0.5) is 0 Å². The molecular formula is C8H19O3P. The Kier molecular flexibility index (Phi) is 9.64. The van der Waals surface area contributed by atoms with Gasteiger partial charge in [-0.15, -0.1) is 0 Å². The molecule has 1 unspecified atom stereocenters. The fourth-order valence-electron chi connectivity index (χ4n) is 0.701. The summed E-state index contributed by atoms with van der Waals surface area (Å²) in [5.41, 5.74) is 0.